The Balaban J connectivity index is 2.13. The Bertz CT molecular complexity index is 792. The van der Waals surface area contributed by atoms with Crippen molar-refractivity contribution in [2.75, 3.05) is 40.3 Å². The zero-order valence-electron chi connectivity index (χ0n) is 15.3. The predicted octanol–water partition coefficient (Wildman–Crippen LogP) is 4.19. The van der Waals surface area contributed by atoms with Crippen LogP contribution in [0.15, 0.2) is 42.5 Å². The molecule has 0 aromatic heterocycles. The molecule has 3 nitrogen and oxygen atoms in total. The molecule has 0 fully saturated rings. The van der Waals surface area contributed by atoms with Crippen molar-refractivity contribution in [2.24, 2.45) is 0 Å². The molecule has 0 saturated heterocycles. The van der Waals surface area contributed by atoms with Gasteiger partial charge in [-0.2, -0.15) is 13.2 Å². The maximum absolute atomic E-state index is 14.6. The quantitative estimate of drug-likeness (QED) is 0.738. The summed E-state index contributed by atoms with van der Waals surface area (Å²) in [5.41, 5.74) is -0.0749. The van der Waals surface area contributed by atoms with Crippen molar-refractivity contribution in [3.8, 4) is 5.75 Å². The van der Waals surface area contributed by atoms with Gasteiger partial charge in [0.15, 0.2) is 0 Å². The lowest BCUT2D eigenvalue weighted by Gasteiger charge is -2.31. The van der Waals surface area contributed by atoms with Gasteiger partial charge in [-0.1, -0.05) is 18.2 Å². The van der Waals surface area contributed by atoms with E-state index in [0.29, 0.717) is 43.1 Å². The average Bonchev–Trinajstić information content (AvgIpc) is 2.78. The fraction of sp³-hybridized carbons (Fsp3) is 0.400. The predicted molar refractivity (Wildman–Crippen MR) is 95.3 cm³/mol. The van der Waals surface area contributed by atoms with Crippen molar-refractivity contribution in [1.29, 1.82) is 0 Å². The summed E-state index contributed by atoms with van der Waals surface area (Å²) < 4.78 is 60.2. The molecule has 3 rings (SSSR count). The molecule has 2 aromatic carbocycles. The zero-order valence-corrected chi connectivity index (χ0v) is 15.3. The topological polar surface area (TPSA) is 15.7 Å². The molecule has 146 valence electrons. The standard InChI is InChI=1S/C20H22F4N2O/c1-25(2)9-10-26-11-12-27-18-8-7-14(20(22,23)24)13-16(18)19(26)15-5-3-4-6-17(15)21/h3-8,13,19H,9-12H2,1-2H3. The Hall–Kier alpha value is -2.12. The van der Waals surface area contributed by atoms with Crippen LogP contribution >= 0.6 is 0 Å². The minimum atomic E-state index is -4.48. The van der Waals surface area contributed by atoms with Gasteiger partial charge < -0.3 is 9.64 Å². The highest BCUT2D eigenvalue weighted by molar-refractivity contribution is 5.45. The molecule has 1 aliphatic heterocycles. The lowest BCUT2D eigenvalue weighted by atomic mass is 9.94. The molecule has 0 aliphatic carbocycles. The molecular weight excluding hydrogens is 360 g/mol. The van der Waals surface area contributed by atoms with Gasteiger partial charge >= 0.3 is 6.18 Å². The summed E-state index contributed by atoms with van der Waals surface area (Å²) in [7, 11) is 3.84. The molecule has 1 aliphatic rings. The monoisotopic (exact) mass is 382 g/mol. The van der Waals surface area contributed by atoms with Crippen LogP contribution in [0.2, 0.25) is 0 Å². The molecule has 2 aromatic rings. The normalized spacial score (nSPS) is 18.1. The van der Waals surface area contributed by atoms with E-state index < -0.39 is 23.6 Å². The van der Waals surface area contributed by atoms with Crippen molar-refractivity contribution in [3.63, 3.8) is 0 Å². The fourth-order valence-corrected chi connectivity index (χ4v) is 3.30. The molecule has 0 radical (unpaired) electrons. The van der Waals surface area contributed by atoms with Crippen LogP contribution in [-0.2, 0) is 6.18 Å². The number of hydrogen-bond donors (Lipinski definition) is 0. The summed E-state index contributed by atoms with van der Waals surface area (Å²) in [6.07, 6.45) is -4.48. The Morgan fingerprint density at radius 3 is 2.52 bits per heavy atom. The van der Waals surface area contributed by atoms with Gasteiger partial charge in [-0.05, 0) is 38.4 Å². The number of hydrogen-bond acceptors (Lipinski definition) is 3. The molecule has 1 heterocycles. The highest BCUT2D eigenvalue weighted by Crippen LogP contribution is 2.41. The molecular formula is C20H22F4N2O. The van der Waals surface area contributed by atoms with E-state index in [2.05, 4.69) is 0 Å². The van der Waals surface area contributed by atoms with E-state index in [1.165, 1.54) is 12.1 Å². The average molecular weight is 382 g/mol. The van der Waals surface area contributed by atoms with Crippen molar-refractivity contribution in [2.45, 2.75) is 12.2 Å². The SMILES string of the molecule is CN(C)CCN1CCOc2ccc(C(F)(F)F)cc2C1c1ccccc1F. The molecule has 1 unspecified atom stereocenters. The van der Waals surface area contributed by atoms with E-state index in [4.69, 9.17) is 4.74 Å². The largest absolute Gasteiger partial charge is 0.492 e. The van der Waals surface area contributed by atoms with Gasteiger partial charge in [-0.3, -0.25) is 4.90 Å². The van der Waals surface area contributed by atoms with Crippen LogP contribution in [0.1, 0.15) is 22.7 Å². The molecule has 1 atom stereocenters. The summed E-state index contributed by atoms with van der Waals surface area (Å²) in [5.74, 6) is -0.0776. The van der Waals surface area contributed by atoms with Crippen LogP contribution in [0.4, 0.5) is 17.6 Å². The van der Waals surface area contributed by atoms with Crippen LogP contribution < -0.4 is 4.74 Å². The van der Waals surface area contributed by atoms with Crippen LogP contribution in [0.3, 0.4) is 0 Å². The third-order valence-corrected chi connectivity index (χ3v) is 4.67. The van der Waals surface area contributed by atoms with E-state index in [0.717, 1.165) is 12.1 Å². The molecule has 0 N–H and O–H groups in total. The van der Waals surface area contributed by atoms with Gasteiger partial charge in [0, 0.05) is 30.8 Å². The summed E-state index contributed by atoms with van der Waals surface area (Å²) >= 11 is 0. The van der Waals surface area contributed by atoms with Crippen LogP contribution in [0, 0.1) is 5.82 Å². The first-order valence-corrected chi connectivity index (χ1v) is 8.74. The van der Waals surface area contributed by atoms with E-state index in [1.54, 1.807) is 18.2 Å². The van der Waals surface area contributed by atoms with E-state index in [-0.39, 0.29) is 0 Å². The fourth-order valence-electron chi connectivity index (χ4n) is 3.30. The molecule has 0 amide bonds. The number of rotatable bonds is 4. The Labute approximate surface area is 156 Å². The number of nitrogens with zero attached hydrogens (tertiary/aromatic N) is 2. The second kappa shape index (κ2) is 7.86. The molecule has 0 bridgehead atoms. The highest BCUT2D eigenvalue weighted by atomic mass is 19.4. The van der Waals surface area contributed by atoms with Crippen molar-refractivity contribution >= 4 is 0 Å². The Kier molecular flexibility index (Phi) is 5.72. The summed E-state index contributed by atoms with van der Waals surface area (Å²) in [4.78, 5) is 3.96. The van der Waals surface area contributed by atoms with E-state index >= 15 is 0 Å². The van der Waals surface area contributed by atoms with Crippen LogP contribution in [0.5, 0.6) is 5.75 Å². The number of alkyl halides is 3. The first kappa shape index (κ1) is 19.6. The van der Waals surface area contributed by atoms with Gasteiger partial charge in [0.25, 0.3) is 0 Å². The highest BCUT2D eigenvalue weighted by Gasteiger charge is 2.35. The molecule has 7 heteroatoms. The van der Waals surface area contributed by atoms with E-state index in [1.807, 2.05) is 23.9 Å². The second-order valence-corrected chi connectivity index (χ2v) is 6.86. The van der Waals surface area contributed by atoms with Gasteiger partial charge in [0.1, 0.15) is 18.2 Å². The van der Waals surface area contributed by atoms with Crippen molar-refractivity contribution in [3.05, 3.63) is 65.0 Å². The Morgan fingerprint density at radius 2 is 1.85 bits per heavy atom. The van der Waals surface area contributed by atoms with Crippen molar-refractivity contribution in [1.82, 2.24) is 9.80 Å². The molecule has 0 spiro atoms. The third-order valence-electron chi connectivity index (χ3n) is 4.67. The summed E-state index contributed by atoms with van der Waals surface area (Å²) in [6.45, 7) is 2.09. The maximum atomic E-state index is 14.6. The first-order chi connectivity index (χ1) is 12.8. The lowest BCUT2D eigenvalue weighted by Crippen LogP contribution is -2.37. The number of likely N-dealkylation sites (N-methyl/N-ethyl adjacent to an activating group) is 1. The van der Waals surface area contributed by atoms with E-state index in [9.17, 15) is 17.6 Å². The number of fused-ring (bicyclic) bond motifs is 1. The minimum Gasteiger partial charge on any atom is -0.492 e. The van der Waals surface area contributed by atoms with Gasteiger partial charge in [0.2, 0.25) is 0 Å². The smallest absolute Gasteiger partial charge is 0.416 e. The lowest BCUT2D eigenvalue weighted by molar-refractivity contribution is -0.137. The maximum Gasteiger partial charge on any atom is 0.416 e. The Morgan fingerprint density at radius 1 is 1.11 bits per heavy atom. The third kappa shape index (κ3) is 4.42. The zero-order chi connectivity index (χ0) is 19.6. The molecule has 0 saturated carbocycles. The second-order valence-electron chi connectivity index (χ2n) is 6.86. The summed E-state index contributed by atoms with van der Waals surface area (Å²) in [5, 5.41) is 0. The number of benzene rings is 2. The van der Waals surface area contributed by atoms with Gasteiger partial charge in [-0.15, -0.1) is 0 Å². The number of ether oxygens (including phenoxy) is 1. The van der Waals surface area contributed by atoms with Crippen molar-refractivity contribution < 1.29 is 22.3 Å². The van der Waals surface area contributed by atoms with Crippen LogP contribution in [0.25, 0.3) is 0 Å². The first-order valence-electron chi connectivity index (χ1n) is 8.74. The number of halogens is 4. The van der Waals surface area contributed by atoms with Gasteiger partial charge in [0.05, 0.1) is 11.6 Å². The van der Waals surface area contributed by atoms with Gasteiger partial charge in [-0.25, -0.2) is 4.39 Å². The molecule has 27 heavy (non-hydrogen) atoms. The summed E-state index contributed by atoms with van der Waals surface area (Å²) in [6, 6.07) is 9.00. The van der Waals surface area contributed by atoms with Crippen LogP contribution in [-0.4, -0.2) is 50.1 Å². The minimum absolute atomic E-state index is 0.330.